The Hall–Kier alpha value is -2.95. The average Bonchev–Trinajstić information content (AvgIpc) is 2.74. The van der Waals surface area contributed by atoms with Crippen LogP contribution in [-0.4, -0.2) is 27.4 Å². The molecule has 0 radical (unpaired) electrons. The summed E-state index contributed by atoms with van der Waals surface area (Å²) in [7, 11) is 1.80. The second-order valence-electron chi connectivity index (χ2n) is 8.06. The van der Waals surface area contributed by atoms with E-state index in [1.54, 1.807) is 22.6 Å². The van der Waals surface area contributed by atoms with Crippen molar-refractivity contribution in [3.05, 3.63) is 69.8 Å². The molecule has 2 aromatic carbocycles. The largest absolute Gasteiger partial charge is 0.336 e. The van der Waals surface area contributed by atoms with E-state index in [0.717, 1.165) is 36.1 Å². The number of nitrogens with zero attached hydrogens (tertiary/aromatic N) is 3. The minimum atomic E-state index is -0.337. The van der Waals surface area contributed by atoms with Gasteiger partial charge in [-0.05, 0) is 56.5 Å². The third kappa shape index (κ3) is 4.30. The fourth-order valence-corrected chi connectivity index (χ4v) is 3.72. The summed E-state index contributed by atoms with van der Waals surface area (Å²) in [4.78, 5) is 32.9. The molecule has 0 saturated carbocycles. The van der Waals surface area contributed by atoms with Crippen LogP contribution < -0.4 is 5.56 Å². The zero-order valence-electron chi connectivity index (χ0n) is 18.6. The number of aromatic nitrogens is 2. The molecule has 0 saturated heterocycles. The van der Waals surface area contributed by atoms with Crippen molar-refractivity contribution in [3.63, 3.8) is 0 Å². The SMILES string of the molecule is CCCCCC(=O)N(C)C(C)c1nc2ccccc2c(=O)n1-c1cc(C)ccc1C. The highest BCUT2D eigenvalue weighted by atomic mass is 16.2. The number of rotatable bonds is 7. The van der Waals surface area contributed by atoms with E-state index in [4.69, 9.17) is 4.98 Å². The number of carbonyl (C=O) groups is 1. The van der Waals surface area contributed by atoms with Gasteiger partial charge in [0.25, 0.3) is 5.56 Å². The van der Waals surface area contributed by atoms with Crippen molar-refractivity contribution in [1.29, 1.82) is 0 Å². The summed E-state index contributed by atoms with van der Waals surface area (Å²) < 4.78 is 1.69. The molecule has 1 aromatic heterocycles. The van der Waals surface area contributed by atoms with E-state index in [-0.39, 0.29) is 17.5 Å². The van der Waals surface area contributed by atoms with Crippen molar-refractivity contribution in [2.24, 2.45) is 0 Å². The maximum atomic E-state index is 13.5. The van der Waals surface area contributed by atoms with E-state index in [1.165, 1.54) is 0 Å². The summed E-state index contributed by atoms with van der Waals surface area (Å²) in [6.45, 7) is 8.06. The Kier molecular flexibility index (Phi) is 6.70. The van der Waals surface area contributed by atoms with E-state index in [2.05, 4.69) is 6.92 Å². The lowest BCUT2D eigenvalue weighted by Crippen LogP contribution is -2.35. The van der Waals surface area contributed by atoms with Crippen LogP contribution >= 0.6 is 0 Å². The molecule has 5 nitrogen and oxygen atoms in total. The first-order valence-electron chi connectivity index (χ1n) is 10.7. The van der Waals surface area contributed by atoms with Gasteiger partial charge in [-0.2, -0.15) is 0 Å². The minimum absolute atomic E-state index is 0.0749. The van der Waals surface area contributed by atoms with Gasteiger partial charge in [0.1, 0.15) is 5.82 Å². The molecule has 0 bridgehead atoms. The van der Waals surface area contributed by atoms with Gasteiger partial charge in [0.2, 0.25) is 5.91 Å². The standard InChI is InChI=1S/C25H31N3O2/c1-6-7-8-13-23(29)27(5)19(4)24-26-21-12-10-9-11-20(21)25(30)28(24)22-16-17(2)14-15-18(22)3/h9-12,14-16,19H,6-8,13H2,1-5H3. The van der Waals surface area contributed by atoms with Crippen molar-refractivity contribution < 1.29 is 4.79 Å². The molecule has 5 heteroatoms. The van der Waals surface area contributed by atoms with Crippen LogP contribution in [0.25, 0.3) is 16.6 Å². The molecule has 0 aliphatic carbocycles. The van der Waals surface area contributed by atoms with Crippen LogP contribution in [0, 0.1) is 13.8 Å². The van der Waals surface area contributed by atoms with Gasteiger partial charge in [0.05, 0.1) is 22.6 Å². The second kappa shape index (κ2) is 9.24. The van der Waals surface area contributed by atoms with Crippen LogP contribution in [0.3, 0.4) is 0 Å². The molecule has 3 rings (SSSR count). The highest BCUT2D eigenvalue weighted by Crippen LogP contribution is 2.24. The van der Waals surface area contributed by atoms with E-state index >= 15 is 0 Å². The maximum absolute atomic E-state index is 13.5. The van der Waals surface area contributed by atoms with Crippen LogP contribution in [0.15, 0.2) is 47.3 Å². The molecule has 1 amide bonds. The van der Waals surface area contributed by atoms with Gasteiger partial charge in [0.15, 0.2) is 0 Å². The zero-order chi connectivity index (χ0) is 21.8. The first-order chi connectivity index (χ1) is 14.3. The van der Waals surface area contributed by atoms with Gasteiger partial charge in [-0.3, -0.25) is 14.2 Å². The third-order valence-electron chi connectivity index (χ3n) is 5.75. The quantitative estimate of drug-likeness (QED) is 0.514. The fraction of sp³-hybridized carbons (Fsp3) is 0.400. The Bertz CT molecular complexity index is 1120. The number of hydrogen-bond donors (Lipinski definition) is 0. The van der Waals surface area contributed by atoms with Crippen molar-refractivity contribution >= 4 is 16.8 Å². The molecule has 1 unspecified atom stereocenters. The van der Waals surface area contributed by atoms with Gasteiger partial charge >= 0.3 is 0 Å². The van der Waals surface area contributed by atoms with Crippen LogP contribution in [-0.2, 0) is 4.79 Å². The first kappa shape index (κ1) is 21.8. The average molecular weight is 406 g/mol. The highest BCUT2D eigenvalue weighted by Gasteiger charge is 2.24. The number of para-hydroxylation sites is 1. The normalized spacial score (nSPS) is 12.2. The van der Waals surface area contributed by atoms with Crippen LogP contribution in [0.1, 0.15) is 62.5 Å². The molecular formula is C25H31N3O2. The Labute approximate surface area is 178 Å². The number of carbonyl (C=O) groups excluding carboxylic acids is 1. The van der Waals surface area contributed by atoms with Gasteiger partial charge in [-0.1, -0.05) is 44.0 Å². The summed E-state index contributed by atoms with van der Waals surface area (Å²) in [5, 5.41) is 0.575. The minimum Gasteiger partial charge on any atom is -0.336 e. The predicted molar refractivity (Wildman–Crippen MR) is 122 cm³/mol. The Morgan fingerprint density at radius 1 is 1.13 bits per heavy atom. The van der Waals surface area contributed by atoms with Crippen molar-refractivity contribution in [1.82, 2.24) is 14.5 Å². The highest BCUT2D eigenvalue weighted by molar-refractivity contribution is 5.79. The van der Waals surface area contributed by atoms with Crippen LogP contribution in [0.5, 0.6) is 0 Å². The Balaban J connectivity index is 2.16. The molecule has 0 fully saturated rings. The molecule has 30 heavy (non-hydrogen) atoms. The van der Waals surface area contributed by atoms with Crippen molar-refractivity contribution in [2.45, 2.75) is 59.4 Å². The number of aryl methyl sites for hydroxylation is 2. The topological polar surface area (TPSA) is 55.2 Å². The summed E-state index contributed by atoms with van der Waals surface area (Å²) in [6.07, 6.45) is 3.50. The second-order valence-corrected chi connectivity index (χ2v) is 8.06. The van der Waals surface area contributed by atoms with Crippen LogP contribution in [0.4, 0.5) is 0 Å². The lowest BCUT2D eigenvalue weighted by Gasteiger charge is -2.27. The lowest BCUT2D eigenvalue weighted by molar-refractivity contribution is -0.132. The molecular weight excluding hydrogens is 374 g/mol. The number of benzene rings is 2. The van der Waals surface area contributed by atoms with Gasteiger partial charge in [-0.25, -0.2) is 4.98 Å². The van der Waals surface area contributed by atoms with Gasteiger partial charge in [0, 0.05) is 13.5 Å². The summed E-state index contributed by atoms with van der Waals surface area (Å²) in [6, 6.07) is 13.1. The van der Waals surface area contributed by atoms with E-state index in [1.807, 2.05) is 57.2 Å². The molecule has 1 heterocycles. The van der Waals surface area contributed by atoms with E-state index < -0.39 is 0 Å². The Morgan fingerprint density at radius 3 is 2.60 bits per heavy atom. The van der Waals surface area contributed by atoms with Crippen molar-refractivity contribution in [3.8, 4) is 5.69 Å². The van der Waals surface area contributed by atoms with Gasteiger partial charge in [-0.15, -0.1) is 0 Å². The smallest absolute Gasteiger partial charge is 0.266 e. The summed E-state index contributed by atoms with van der Waals surface area (Å²) >= 11 is 0. The first-order valence-corrected chi connectivity index (χ1v) is 10.7. The summed E-state index contributed by atoms with van der Waals surface area (Å²) in [5.41, 5.74) is 3.41. The number of unbranched alkanes of at least 4 members (excludes halogenated alkanes) is 2. The molecule has 1 atom stereocenters. The molecule has 0 N–H and O–H groups in total. The number of hydrogen-bond acceptors (Lipinski definition) is 3. The fourth-order valence-electron chi connectivity index (χ4n) is 3.72. The summed E-state index contributed by atoms with van der Waals surface area (Å²) in [5.74, 6) is 0.657. The number of amides is 1. The predicted octanol–water partition coefficient (Wildman–Crippen LogP) is 5.10. The van der Waals surface area contributed by atoms with Crippen LogP contribution in [0.2, 0.25) is 0 Å². The monoisotopic (exact) mass is 405 g/mol. The molecule has 0 aliphatic heterocycles. The van der Waals surface area contributed by atoms with Crippen molar-refractivity contribution in [2.75, 3.05) is 7.05 Å². The maximum Gasteiger partial charge on any atom is 0.266 e. The Morgan fingerprint density at radius 2 is 1.87 bits per heavy atom. The molecule has 158 valence electrons. The van der Waals surface area contributed by atoms with E-state index in [0.29, 0.717) is 23.1 Å². The lowest BCUT2D eigenvalue weighted by atomic mass is 10.1. The number of fused-ring (bicyclic) bond motifs is 1. The third-order valence-corrected chi connectivity index (χ3v) is 5.75. The van der Waals surface area contributed by atoms with E-state index in [9.17, 15) is 9.59 Å². The molecule has 3 aromatic rings. The zero-order valence-corrected chi connectivity index (χ0v) is 18.6. The molecule has 0 spiro atoms. The van der Waals surface area contributed by atoms with Gasteiger partial charge < -0.3 is 4.90 Å². The molecule has 0 aliphatic rings.